The number of amides is 1. The average molecular weight is 392 g/mol. The molecule has 0 aliphatic carbocycles. The second-order valence-electron chi connectivity index (χ2n) is 5.03. The summed E-state index contributed by atoms with van der Waals surface area (Å²) in [6.07, 6.45) is -0.890. The average Bonchev–Trinajstić information content (AvgIpc) is 2.59. The molecule has 0 saturated heterocycles. The molecule has 0 spiro atoms. The van der Waals surface area contributed by atoms with Crippen molar-refractivity contribution in [3.8, 4) is 11.5 Å². The zero-order valence-corrected chi connectivity index (χ0v) is 14.1. The fraction of sp³-hybridized carbons (Fsp3) is 0.176. The van der Waals surface area contributed by atoms with Crippen molar-refractivity contribution in [1.29, 1.82) is 0 Å². The Balaban J connectivity index is 1.50. The van der Waals surface area contributed by atoms with Crippen molar-refractivity contribution in [3.63, 3.8) is 0 Å². The molecule has 1 amide bonds. The first-order chi connectivity index (χ1) is 11.6. The largest absolute Gasteiger partial charge is 0.485 e. The normalized spacial score (nSPS) is 15.5. The van der Waals surface area contributed by atoms with Crippen LogP contribution in [0.2, 0.25) is 0 Å². The molecule has 1 aliphatic heterocycles. The third kappa shape index (κ3) is 4.05. The topological polar surface area (TPSA) is 73.9 Å². The Labute approximate surface area is 146 Å². The van der Waals surface area contributed by atoms with Crippen LogP contribution in [-0.4, -0.2) is 31.2 Å². The van der Waals surface area contributed by atoms with E-state index in [0.717, 1.165) is 4.47 Å². The number of ether oxygens (including phenoxy) is 3. The number of hydrogen-bond donors (Lipinski definition) is 1. The lowest BCUT2D eigenvalue weighted by Gasteiger charge is -2.24. The molecule has 1 heterocycles. The number of halogens is 1. The third-order valence-corrected chi connectivity index (χ3v) is 3.72. The Morgan fingerprint density at radius 1 is 1.17 bits per heavy atom. The van der Waals surface area contributed by atoms with Gasteiger partial charge in [0, 0.05) is 10.2 Å². The summed E-state index contributed by atoms with van der Waals surface area (Å²) in [7, 11) is 0. The summed E-state index contributed by atoms with van der Waals surface area (Å²) < 4.78 is 16.8. The van der Waals surface area contributed by atoms with E-state index in [-0.39, 0.29) is 6.61 Å². The second-order valence-corrected chi connectivity index (χ2v) is 5.95. The van der Waals surface area contributed by atoms with Gasteiger partial charge in [-0.2, -0.15) is 0 Å². The first-order valence-corrected chi connectivity index (χ1v) is 8.01. The van der Waals surface area contributed by atoms with Gasteiger partial charge in [-0.1, -0.05) is 34.1 Å². The summed E-state index contributed by atoms with van der Waals surface area (Å²) in [6, 6.07) is 14.2. The molecule has 1 aliphatic rings. The quantitative estimate of drug-likeness (QED) is 0.811. The molecule has 0 unspecified atom stereocenters. The highest BCUT2D eigenvalue weighted by Gasteiger charge is 2.29. The fourth-order valence-electron chi connectivity index (χ4n) is 2.13. The van der Waals surface area contributed by atoms with Crippen LogP contribution in [0.1, 0.15) is 0 Å². The first-order valence-electron chi connectivity index (χ1n) is 7.22. The van der Waals surface area contributed by atoms with Crippen molar-refractivity contribution in [2.45, 2.75) is 6.10 Å². The number of carbonyl (C=O) groups is 2. The molecule has 0 fully saturated rings. The number of nitrogens with one attached hydrogen (secondary N) is 1. The second kappa shape index (κ2) is 7.35. The molecule has 0 radical (unpaired) electrons. The molecule has 2 aromatic rings. The lowest BCUT2D eigenvalue weighted by molar-refractivity contribution is -0.156. The molecule has 7 heteroatoms. The Morgan fingerprint density at radius 3 is 2.75 bits per heavy atom. The number of esters is 1. The van der Waals surface area contributed by atoms with Crippen LogP contribution in [0.3, 0.4) is 0 Å². The van der Waals surface area contributed by atoms with Crippen LogP contribution in [0.25, 0.3) is 0 Å². The monoisotopic (exact) mass is 391 g/mol. The van der Waals surface area contributed by atoms with Crippen LogP contribution in [0.4, 0.5) is 5.69 Å². The summed E-state index contributed by atoms with van der Waals surface area (Å²) in [5.41, 5.74) is 0.608. The molecular formula is C17H14BrNO5. The number of carbonyl (C=O) groups excluding carboxylic acids is 2. The van der Waals surface area contributed by atoms with Crippen molar-refractivity contribution < 1.29 is 23.8 Å². The minimum absolute atomic E-state index is 0.0447. The molecule has 124 valence electrons. The van der Waals surface area contributed by atoms with E-state index in [1.54, 1.807) is 36.4 Å². The molecule has 2 aromatic carbocycles. The SMILES string of the molecule is O=C(COC(=O)[C@H]1COc2ccccc2O1)Nc1cccc(Br)c1. The van der Waals surface area contributed by atoms with E-state index in [2.05, 4.69) is 21.2 Å². The summed E-state index contributed by atoms with van der Waals surface area (Å²) in [5, 5.41) is 2.64. The number of anilines is 1. The number of hydrogen-bond acceptors (Lipinski definition) is 5. The maximum Gasteiger partial charge on any atom is 0.351 e. The number of para-hydroxylation sites is 2. The summed E-state index contributed by atoms with van der Waals surface area (Å²) in [5.74, 6) is -0.0225. The molecule has 0 aromatic heterocycles. The van der Waals surface area contributed by atoms with Crippen LogP contribution in [0.5, 0.6) is 11.5 Å². The summed E-state index contributed by atoms with van der Waals surface area (Å²) in [4.78, 5) is 23.8. The van der Waals surface area contributed by atoms with Gasteiger partial charge in [0.05, 0.1) is 0 Å². The van der Waals surface area contributed by atoms with E-state index in [1.165, 1.54) is 0 Å². The highest BCUT2D eigenvalue weighted by atomic mass is 79.9. The summed E-state index contributed by atoms with van der Waals surface area (Å²) in [6.45, 7) is -0.351. The van der Waals surface area contributed by atoms with Crippen LogP contribution in [0.15, 0.2) is 53.0 Å². The molecule has 3 rings (SSSR count). The first kappa shape index (κ1) is 16.3. The van der Waals surface area contributed by atoms with E-state index in [0.29, 0.717) is 17.2 Å². The van der Waals surface area contributed by atoms with Gasteiger partial charge >= 0.3 is 5.97 Å². The van der Waals surface area contributed by atoms with Gasteiger partial charge in [0.2, 0.25) is 6.10 Å². The van der Waals surface area contributed by atoms with E-state index in [4.69, 9.17) is 14.2 Å². The van der Waals surface area contributed by atoms with Crippen molar-refractivity contribution in [2.75, 3.05) is 18.5 Å². The Kier molecular flexibility index (Phi) is 5.00. The molecule has 0 bridgehead atoms. The molecule has 1 atom stereocenters. The zero-order valence-electron chi connectivity index (χ0n) is 12.5. The van der Waals surface area contributed by atoms with E-state index < -0.39 is 24.6 Å². The van der Waals surface area contributed by atoms with Crippen LogP contribution < -0.4 is 14.8 Å². The Hall–Kier alpha value is -2.54. The molecule has 1 N–H and O–H groups in total. The lowest BCUT2D eigenvalue weighted by Crippen LogP contribution is -2.39. The molecule has 24 heavy (non-hydrogen) atoms. The molecular weight excluding hydrogens is 378 g/mol. The van der Waals surface area contributed by atoms with Crippen LogP contribution in [-0.2, 0) is 14.3 Å². The maximum atomic E-state index is 12.0. The van der Waals surface area contributed by atoms with Crippen molar-refractivity contribution in [1.82, 2.24) is 0 Å². The summed E-state index contributed by atoms with van der Waals surface area (Å²) >= 11 is 3.31. The van der Waals surface area contributed by atoms with E-state index in [1.807, 2.05) is 12.1 Å². The molecule has 6 nitrogen and oxygen atoms in total. The third-order valence-electron chi connectivity index (χ3n) is 3.23. The Bertz CT molecular complexity index is 764. The highest BCUT2D eigenvalue weighted by molar-refractivity contribution is 9.10. The molecule has 0 saturated carbocycles. The minimum Gasteiger partial charge on any atom is -0.485 e. The van der Waals surface area contributed by atoms with Gasteiger partial charge in [0.15, 0.2) is 18.1 Å². The van der Waals surface area contributed by atoms with Gasteiger partial charge in [-0.05, 0) is 30.3 Å². The number of rotatable bonds is 4. The maximum absolute atomic E-state index is 12.0. The van der Waals surface area contributed by atoms with E-state index in [9.17, 15) is 9.59 Å². The number of benzene rings is 2. The Morgan fingerprint density at radius 2 is 1.96 bits per heavy atom. The standard InChI is InChI=1S/C17H14BrNO5/c18-11-4-3-5-12(8-11)19-16(20)10-23-17(21)15-9-22-13-6-1-2-7-14(13)24-15/h1-8,15H,9-10H2,(H,19,20)/t15-/m1/s1. The zero-order chi connectivity index (χ0) is 16.9. The van der Waals surface area contributed by atoms with Gasteiger partial charge in [0.25, 0.3) is 5.91 Å². The van der Waals surface area contributed by atoms with Gasteiger partial charge in [-0.3, -0.25) is 4.79 Å². The van der Waals surface area contributed by atoms with Crippen LogP contribution >= 0.6 is 15.9 Å². The smallest absolute Gasteiger partial charge is 0.351 e. The predicted molar refractivity (Wildman–Crippen MR) is 90.1 cm³/mol. The van der Waals surface area contributed by atoms with Crippen molar-refractivity contribution in [3.05, 3.63) is 53.0 Å². The van der Waals surface area contributed by atoms with Gasteiger partial charge in [0.1, 0.15) is 6.61 Å². The lowest BCUT2D eigenvalue weighted by atomic mass is 10.2. The van der Waals surface area contributed by atoms with Gasteiger partial charge in [-0.25, -0.2) is 4.79 Å². The van der Waals surface area contributed by atoms with Crippen LogP contribution in [0, 0.1) is 0 Å². The van der Waals surface area contributed by atoms with Gasteiger partial charge in [-0.15, -0.1) is 0 Å². The minimum atomic E-state index is -0.890. The van der Waals surface area contributed by atoms with Gasteiger partial charge < -0.3 is 19.5 Å². The fourth-order valence-corrected chi connectivity index (χ4v) is 2.53. The number of fused-ring (bicyclic) bond motifs is 1. The van der Waals surface area contributed by atoms with Crippen molar-refractivity contribution in [2.24, 2.45) is 0 Å². The predicted octanol–water partition coefficient (Wildman–Crippen LogP) is 2.77. The van der Waals surface area contributed by atoms with E-state index >= 15 is 0 Å². The highest BCUT2D eigenvalue weighted by Crippen LogP contribution is 2.31. The van der Waals surface area contributed by atoms with Crippen molar-refractivity contribution >= 4 is 33.5 Å².